The molecule has 1 amide bonds. The lowest BCUT2D eigenvalue weighted by Gasteiger charge is -1.96. The minimum Gasteiger partial charge on any atom is -0.300 e. The predicted molar refractivity (Wildman–Crippen MR) is 108 cm³/mol. The third-order valence-corrected chi connectivity index (χ3v) is 5.60. The number of thioether (sulfide) groups is 1. The molecular formula is C18H10ClFN4OS2. The molecule has 1 aromatic heterocycles. The number of hydrogen-bond acceptors (Lipinski definition) is 6. The fourth-order valence-corrected chi connectivity index (χ4v) is 4.24. The van der Waals surface area contributed by atoms with E-state index < -0.39 is 0 Å². The van der Waals surface area contributed by atoms with Crippen LogP contribution in [0.25, 0.3) is 16.6 Å². The summed E-state index contributed by atoms with van der Waals surface area (Å²) in [6.45, 7) is 0. The van der Waals surface area contributed by atoms with Gasteiger partial charge in [0.25, 0.3) is 5.91 Å². The van der Waals surface area contributed by atoms with Gasteiger partial charge in [-0.1, -0.05) is 53.3 Å². The van der Waals surface area contributed by atoms with Crippen LogP contribution >= 0.6 is 34.7 Å². The molecule has 0 spiro atoms. The summed E-state index contributed by atoms with van der Waals surface area (Å²) in [6, 6.07) is 13.4. The number of nitrogens with one attached hydrogen (secondary N) is 1. The zero-order chi connectivity index (χ0) is 18.8. The van der Waals surface area contributed by atoms with Crippen LogP contribution in [-0.4, -0.2) is 21.3 Å². The first-order chi connectivity index (χ1) is 13.1. The van der Waals surface area contributed by atoms with Gasteiger partial charge in [0.05, 0.1) is 9.93 Å². The Morgan fingerprint density at radius 1 is 1.15 bits per heavy atom. The zero-order valence-corrected chi connectivity index (χ0v) is 15.9. The average molecular weight is 417 g/mol. The van der Waals surface area contributed by atoms with E-state index in [2.05, 4.69) is 20.5 Å². The molecule has 2 heterocycles. The van der Waals surface area contributed by atoms with Crippen LogP contribution in [0, 0.1) is 5.82 Å². The van der Waals surface area contributed by atoms with E-state index in [4.69, 9.17) is 11.6 Å². The van der Waals surface area contributed by atoms with Crippen molar-refractivity contribution in [3.8, 4) is 10.6 Å². The quantitative estimate of drug-likeness (QED) is 0.617. The number of rotatable bonds is 3. The molecule has 1 fully saturated rings. The van der Waals surface area contributed by atoms with Crippen molar-refractivity contribution < 1.29 is 9.18 Å². The third kappa shape index (κ3) is 4.08. The first-order valence-electron chi connectivity index (χ1n) is 7.72. The third-order valence-electron chi connectivity index (χ3n) is 3.51. The van der Waals surface area contributed by atoms with Gasteiger partial charge in [0, 0.05) is 5.56 Å². The Labute approximate surface area is 167 Å². The zero-order valence-electron chi connectivity index (χ0n) is 13.5. The highest BCUT2D eigenvalue weighted by molar-refractivity contribution is 8.18. The summed E-state index contributed by atoms with van der Waals surface area (Å²) in [5, 5.41) is 12.8. The number of aliphatic imine (C=N–C) groups is 1. The average Bonchev–Trinajstić information content (AvgIpc) is 3.23. The molecule has 134 valence electrons. The van der Waals surface area contributed by atoms with Gasteiger partial charge in [0.15, 0.2) is 10.2 Å². The van der Waals surface area contributed by atoms with E-state index >= 15 is 0 Å². The van der Waals surface area contributed by atoms with Gasteiger partial charge in [0.2, 0.25) is 5.13 Å². The normalized spacial score (nSPS) is 16.9. The number of hydrogen-bond donors (Lipinski definition) is 1. The van der Waals surface area contributed by atoms with Gasteiger partial charge in [-0.2, -0.15) is 4.99 Å². The van der Waals surface area contributed by atoms with Crippen molar-refractivity contribution in [2.75, 3.05) is 0 Å². The van der Waals surface area contributed by atoms with Crippen LogP contribution in [0.15, 0.2) is 58.4 Å². The Morgan fingerprint density at radius 2 is 2.00 bits per heavy atom. The summed E-state index contributed by atoms with van der Waals surface area (Å²) >= 11 is 8.60. The molecule has 4 rings (SSSR count). The first kappa shape index (κ1) is 17.8. The molecule has 5 nitrogen and oxygen atoms in total. The number of nitrogens with zero attached hydrogens (tertiary/aromatic N) is 3. The minimum absolute atomic E-state index is 0.293. The second-order valence-corrected chi connectivity index (χ2v) is 7.80. The fourth-order valence-electron chi connectivity index (χ4n) is 2.32. The highest BCUT2D eigenvalue weighted by atomic mass is 35.5. The topological polar surface area (TPSA) is 67.2 Å². The van der Waals surface area contributed by atoms with Gasteiger partial charge >= 0.3 is 0 Å². The lowest BCUT2D eigenvalue weighted by Crippen LogP contribution is -2.19. The van der Waals surface area contributed by atoms with E-state index in [9.17, 15) is 9.18 Å². The molecule has 3 aromatic rings. The summed E-state index contributed by atoms with van der Waals surface area (Å²) in [6.07, 6.45) is 1.61. The maximum atomic E-state index is 13.3. The minimum atomic E-state index is -0.359. The van der Waals surface area contributed by atoms with Crippen LogP contribution in [0.1, 0.15) is 5.56 Å². The SMILES string of the molecule is O=C1NC(=Nc2nnc(-c3ccccc3Cl)s2)S/C1=C\c1cccc(F)c1. The van der Waals surface area contributed by atoms with Crippen LogP contribution in [0.5, 0.6) is 0 Å². The molecule has 27 heavy (non-hydrogen) atoms. The molecule has 1 saturated heterocycles. The van der Waals surface area contributed by atoms with Crippen molar-refractivity contribution >= 4 is 57.0 Å². The number of carbonyl (C=O) groups is 1. The molecule has 9 heteroatoms. The van der Waals surface area contributed by atoms with E-state index in [1.54, 1.807) is 24.3 Å². The van der Waals surface area contributed by atoms with Crippen LogP contribution in [-0.2, 0) is 4.79 Å². The molecule has 0 bridgehead atoms. The molecule has 0 atom stereocenters. The number of halogens is 2. The Balaban J connectivity index is 1.56. The highest BCUT2D eigenvalue weighted by Gasteiger charge is 2.24. The Morgan fingerprint density at radius 3 is 2.81 bits per heavy atom. The second kappa shape index (κ2) is 7.59. The van der Waals surface area contributed by atoms with Gasteiger partial charge in [-0.3, -0.25) is 4.79 Å². The monoisotopic (exact) mass is 416 g/mol. The van der Waals surface area contributed by atoms with Crippen molar-refractivity contribution in [3.05, 3.63) is 69.8 Å². The number of carbonyl (C=O) groups excluding carboxylic acids is 1. The maximum absolute atomic E-state index is 13.3. The molecule has 0 radical (unpaired) electrons. The van der Waals surface area contributed by atoms with E-state index in [1.807, 2.05) is 18.2 Å². The van der Waals surface area contributed by atoms with Crippen molar-refractivity contribution in [3.63, 3.8) is 0 Å². The standard InChI is InChI=1S/C18H10ClFN4OS2/c19-13-7-2-1-6-12(13)16-23-24-18(27-16)22-17-21-15(25)14(26-17)9-10-4-3-5-11(20)8-10/h1-9H,(H,21,22,24,25)/b14-9-. The fraction of sp³-hybridized carbons (Fsp3) is 0. The number of benzene rings is 2. The molecule has 1 N–H and O–H groups in total. The molecular weight excluding hydrogens is 407 g/mol. The Hall–Kier alpha value is -2.55. The van der Waals surface area contributed by atoms with Gasteiger partial charge in [-0.05, 0) is 41.6 Å². The lowest BCUT2D eigenvalue weighted by molar-refractivity contribution is -0.115. The maximum Gasteiger partial charge on any atom is 0.264 e. The molecule has 0 aliphatic carbocycles. The van der Waals surface area contributed by atoms with Crippen LogP contribution < -0.4 is 5.32 Å². The summed E-state index contributed by atoms with van der Waals surface area (Å²) in [5.41, 5.74) is 1.38. The van der Waals surface area contributed by atoms with Crippen LogP contribution in [0.4, 0.5) is 9.52 Å². The highest BCUT2D eigenvalue weighted by Crippen LogP contribution is 2.34. The molecule has 1 aliphatic rings. The Kier molecular flexibility index (Phi) is 5.02. The lowest BCUT2D eigenvalue weighted by atomic mass is 10.2. The molecule has 1 aliphatic heterocycles. The largest absolute Gasteiger partial charge is 0.300 e. The number of aromatic nitrogens is 2. The van der Waals surface area contributed by atoms with Crippen LogP contribution in [0.3, 0.4) is 0 Å². The van der Waals surface area contributed by atoms with E-state index in [-0.39, 0.29) is 11.7 Å². The van der Waals surface area contributed by atoms with Crippen molar-refractivity contribution in [1.29, 1.82) is 0 Å². The van der Waals surface area contributed by atoms with Crippen molar-refractivity contribution in [2.45, 2.75) is 0 Å². The molecule has 0 unspecified atom stereocenters. The Bertz CT molecular complexity index is 1100. The van der Waals surface area contributed by atoms with Crippen molar-refractivity contribution in [1.82, 2.24) is 15.5 Å². The van der Waals surface area contributed by atoms with Crippen LogP contribution in [0.2, 0.25) is 5.02 Å². The number of amides is 1. The summed E-state index contributed by atoms with van der Waals surface area (Å²) in [7, 11) is 0. The van der Waals surface area contributed by atoms with Gasteiger partial charge < -0.3 is 5.32 Å². The van der Waals surface area contributed by atoms with Gasteiger partial charge in [-0.25, -0.2) is 4.39 Å². The predicted octanol–water partition coefficient (Wildman–Crippen LogP) is 4.89. The molecule has 0 saturated carbocycles. The van der Waals surface area contributed by atoms with E-state index in [0.717, 1.165) is 17.3 Å². The van der Waals surface area contributed by atoms with Gasteiger partial charge in [-0.15, -0.1) is 10.2 Å². The summed E-state index contributed by atoms with van der Waals surface area (Å²) in [5.74, 6) is -0.651. The summed E-state index contributed by atoms with van der Waals surface area (Å²) in [4.78, 5) is 16.9. The van der Waals surface area contributed by atoms with E-state index in [1.165, 1.54) is 23.5 Å². The number of amidine groups is 1. The van der Waals surface area contributed by atoms with E-state index in [0.29, 0.717) is 30.8 Å². The van der Waals surface area contributed by atoms with Crippen molar-refractivity contribution in [2.24, 2.45) is 4.99 Å². The first-order valence-corrected chi connectivity index (χ1v) is 9.73. The van der Waals surface area contributed by atoms with Gasteiger partial charge in [0.1, 0.15) is 5.82 Å². The smallest absolute Gasteiger partial charge is 0.264 e. The molecule has 2 aromatic carbocycles. The second-order valence-electron chi connectivity index (χ2n) is 5.41. The summed E-state index contributed by atoms with van der Waals surface area (Å²) < 4.78 is 13.3.